The van der Waals surface area contributed by atoms with Crippen molar-refractivity contribution in [2.75, 3.05) is 26.0 Å². The maximum atomic E-state index is 12.1. The van der Waals surface area contributed by atoms with Crippen LogP contribution in [-0.4, -0.2) is 31.4 Å². The van der Waals surface area contributed by atoms with Crippen LogP contribution in [0, 0.1) is 6.92 Å². The molecule has 0 saturated heterocycles. The molecule has 0 fully saturated rings. The number of hydrogen-bond donors (Lipinski definition) is 1. The summed E-state index contributed by atoms with van der Waals surface area (Å²) in [5, 5.41) is 3.06. The molecule has 3 nitrogen and oxygen atoms in total. The molecule has 0 aliphatic carbocycles. The highest BCUT2D eigenvalue weighted by atomic mass is 16.2. The zero-order chi connectivity index (χ0) is 12.1. The second kappa shape index (κ2) is 5.54. The molecule has 1 aromatic carbocycles. The van der Waals surface area contributed by atoms with E-state index in [4.69, 9.17) is 0 Å². The molecule has 0 heterocycles. The van der Waals surface area contributed by atoms with Crippen molar-refractivity contribution in [1.29, 1.82) is 0 Å². The Morgan fingerprint density at radius 1 is 1.38 bits per heavy atom. The van der Waals surface area contributed by atoms with E-state index in [0.717, 1.165) is 29.8 Å². The second-order valence-corrected chi connectivity index (χ2v) is 4.06. The molecule has 0 aliphatic heterocycles. The molecular weight excluding hydrogens is 200 g/mol. The molecule has 3 heteroatoms. The molecule has 0 unspecified atom stereocenters. The van der Waals surface area contributed by atoms with E-state index in [1.807, 2.05) is 39.2 Å². The summed E-state index contributed by atoms with van der Waals surface area (Å²) in [7, 11) is 3.70. The minimum Gasteiger partial charge on any atom is -0.388 e. The van der Waals surface area contributed by atoms with Crippen molar-refractivity contribution in [2.45, 2.75) is 20.3 Å². The molecule has 0 atom stereocenters. The predicted octanol–water partition coefficient (Wildman–Crippen LogP) is 2.52. The van der Waals surface area contributed by atoms with Gasteiger partial charge in [0.15, 0.2) is 0 Å². The van der Waals surface area contributed by atoms with Crippen molar-refractivity contribution in [3.63, 3.8) is 0 Å². The van der Waals surface area contributed by atoms with Gasteiger partial charge in [0.2, 0.25) is 0 Å². The van der Waals surface area contributed by atoms with Gasteiger partial charge in [0.25, 0.3) is 5.91 Å². The number of nitrogens with one attached hydrogen (secondary N) is 1. The van der Waals surface area contributed by atoms with Crippen LogP contribution in [0.3, 0.4) is 0 Å². The van der Waals surface area contributed by atoms with Gasteiger partial charge in [0.1, 0.15) is 0 Å². The van der Waals surface area contributed by atoms with Crippen molar-refractivity contribution < 1.29 is 4.79 Å². The van der Waals surface area contributed by atoms with Gasteiger partial charge < -0.3 is 10.2 Å². The predicted molar refractivity (Wildman–Crippen MR) is 68.0 cm³/mol. The number of benzene rings is 1. The van der Waals surface area contributed by atoms with Crippen LogP contribution in [0.5, 0.6) is 0 Å². The lowest BCUT2D eigenvalue weighted by atomic mass is 10.1. The Morgan fingerprint density at radius 2 is 2.06 bits per heavy atom. The molecule has 1 amide bonds. The number of aryl methyl sites for hydroxylation is 1. The third-order valence-corrected chi connectivity index (χ3v) is 2.52. The topological polar surface area (TPSA) is 32.3 Å². The van der Waals surface area contributed by atoms with E-state index >= 15 is 0 Å². The Labute approximate surface area is 97.5 Å². The third kappa shape index (κ3) is 2.99. The molecule has 1 aromatic rings. The number of hydrogen-bond acceptors (Lipinski definition) is 2. The van der Waals surface area contributed by atoms with Gasteiger partial charge in [0, 0.05) is 31.9 Å². The highest BCUT2D eigenvalue weighted by Gasteiger charge is 2.11. The van der Waals surface area contributed by atoms with Crippen LogP contribution < -0.4 is 5.32 Å². The van der Waals surface area contributed by atoms with Crippen molar-refractivity contribution in [3.05, 3.63) is 29.3 Å². The fraction of sp³-hybridized carbons (Fsp3) is 0.462. The van der Waals surface area contributed by atoms with Crippen LogP contribution >= 0.6 is 0 Å². The van der Waals surface area contributed by atoms with Crippen LogP contribution in [0.15, 0.2) is 18.2 Å². The Hall–Kier alpha value is -1.51. The zero-order valence-corrected chi connectivity index (χ0v) is 10.5. The quantitative estimate of drug-likeness (QED) is 0.845. The average molecular weight is 220 g/mol. The molecule has 0 aliphatic rings. The number of carbonyl (C=O) groups is 1. The van der Waals surface area contributed by atoms with Gasteiger partial charge >= 0.3 is 0 Å². The lowest BCUT2D eigenvalue weighted by Crippen LogP contribution is -2.27. The first-order chi connectivity index (χ1) is 7.58. The lowest BCUT2D eigenvalue weighted by molar-refractivity contribution is 0.0795. The molecule has 0 saturated carbocycles. The summed E-state index contributed by atoms with van der Waals surface area (Å²) >= 11 is 0. The minimum absolute atomic E-state index is 0.0852. The molecule has 1 N–H and O–H groups in total. The molecule has 0 spiro atoms. The minimum atomic E-state index is 0.0852. The number of anilines is 1. The Morgan fingerprint density at radius 3 is 2.62 bits per heavy atom. The number of amides is 1. The molecule has 16 heavy (non-hydrogen) atoms. The first kappa shape index (κ1) is 12.6. The van der Waals surface area contributed by atoms with Gasteiger partial charge in [-0.3, -0.25) is 4.79 Å². The van der Waals surface area contributed by atoms with E-state index in [2.05, 4.69) is 12.2 Å². The summed E-state index contributed by atoms with van der Waals surface area (Å²) in [6.45, 7) is 4.86. The molecule has 88 valence electrons. The molecule has 0 bridgehead atoms. The summed E-state index contributed by atoms with van der Waals surface area (Å²) in [5.41, 5.74) is 2.83. The van der Waals surface area contributed by atoms with E-state index in [-0.39, 0.29) is 5.91 Å². The fourth-order valence-corrected chi connectivity index (χ4v) is 1.71. The Kier molecular flexibility index (Phi) is 4.35. The monoisotopic (exact) mass is 220 g/mol. The van der Waals surface area contributed by atoms with Crippen LogP contribution in [0.4, 0.5) is 5.69 Å². The summed E-state index contributed by atoms with van der Waals surface area (Å²) in [5.74, 6) is 0.0852. The van der Waals surface area contributed by atoms with Crippen molar-refractivity contribution in [1.82, 2.24) is 4.90 Å². The van der Waals surface area contributed by atoms with Crippen LogP contribution in [0.2, 0.25) is 0 Å². The summed E-state index contributed by atoms with van der Waals surface area (Å²) in [4.78, 5) is 13.8. The fourth-order valence-electron chi connectivity index (χ4n) is 1.71. The van der Waals surface area contributed by atoms with Gasteiger partial charge in [-0.05, 0) is 37.1 Å². The normalized spacial score (nSPS) is 10.0. The van der Waals surface area contributed by atoms with Crippen molar-refractivity contribution in [2.24, 2.45) is 0 Å². The Balaban J connectivity index is 2.94. The zero-order valence-electron chi connectivity index (χ0n) is 10.5. The van der Waals surface area contributed by atoms with Crippen molar-refractivity contribution >= 4 is 11.6 Å². The van der Waals surface area contributed by atoms with Crippen LogP contribution in [0.1, 0.15) is 29.3 Å². The van der Waals surface area contributed by atoms with E-state index in [9.17, 15) is 4.79 Å². The van der Waals surface area contributed by atoms with Crippen molar-refractivity contribution in [3.8, 4) is 0 Å². The standard InChI is InChI=1S/C13H20N2O/c1-5-6-15(4)13(16)11-7-10(2)8-12(9-11)14-3/h7-9,14H,5-6H2,1-4H3. The Bertz CT molecular complexity index is 374. The molecular formula is C13H20N2O. The average Bonchev–Trinajstić information content (AvgIpc) is 2.27. The molecule has 0 radical (unpaired) electrons. The second-order valence-electron chi connectivity index (χ2n) is 4.06. The highest BCUT2D eigenvalue weighted by molar-refractivity contribution is 5.95. The number of rotatable bonds is 4. The van der Waals surface area contributed by atoms with E-state index < -0.39 is 0 Å². The van der Waals surface area contributed by atoms with Gasteiger partial charge in [0.05, 0.1) is 0 Å². The van der Waals surface area contributed by atoms with E-state index in [1.54, 1.807) is 4.90 Å². The molecule has 0 aromatic heterocycles. The highest BCUT2D eigenvalue weighted by Crippen LogP contribution is 2.15. The van der Waals surface area contributed by atoms with Crippen LogP contribution in [0.25, 0.3) is 0 Å². The van der Waals surface area contributed by atoms with Gasteiger partial charge in [-0.2, -0.15) is 0 Å². The first-order valence-corrected chi connectivity index (χ1v) is 5.63. The smallest absolute Gasteiger partial charge is 0.253 e. The van der Waals surface area contributed by atoms with Crippen LogP contribution in [-0.2, 0) is 0 Å². The lowest BCUT2D eigenvalue weighted by Gasteiger charge is -2.17. The molecule has 1 rings (SSSR count). The van der Waals surface area contributed by atoms with Gasteiger partial charge in [-0.1, -0.05) is 6.92 Å². The first-order valence-electron chi connectivity index (χ1n) is 5.63. The van der Waals surface area contributed by atoms with E-state index in [1.165, 1.54) is 0 Å². The summed E-state index contributed by atoms with van der Waals surface area (Å²) in [6, 6.07) is 5.84. The largest absolute Gasteiger partial charge is 0.388 e. The van der Waals surface area contributed by atoms with Gasteiger partial charge in [-0.15, -0.1) is 0 Å². The van der Waals surface area contributed by atoms with E-state index in [0.29, 0.717) is 0 Å². The maximum Gasteiger partial charge on any atom is 0.253 e. The maximum absolute atomic E-state index is 12.1. The summed E-state index contributed by atoms with van der Waals surface area (Å²) < 4.78 is 0. The summed E-state index contributed by atoms with van der Waals surface area (Å²) in [6.07, 6.45) is 0.979. The SMILES string of the molecule is CCCN(C)C(=O)c1cc(C)cc(NC)c1. The number of nitrogens with zero attached hydrogens (tertiary/aromatic N) is 1. The number of carbonyl (C=O) groups excluding carboxylic acids is 1. The van der Waals surface area contributed by atoms with Gasteiger partial charge in [-0.25, -0.2) is 0 Å². The third-order valence-electron chi connectivity index (χ3n) is 2.52.